The van der Waals surface area contributed by atoms with Gasteiger partial charge in [-0.15, -0.1) is 0 Å². The van der Waals surface area contributed by atoms with Gasteiger partial charge < -0.3 is 9.84 Å². The Morgan fingerprint density at radius 3 is 2.50 bits per heavy atom. The number of carbonyl (C=O) groups excluding carboxylic acids is 2. The highest BCUT2D eigenvalue weighted by Crippen LogP contribution is 2.45. The molecule has 5 nitrogen and oxygen atoms in total. The van der Waals surface area contributed by atoms with Gasteiger partial charge in [0.2, 0.25) is 0 Å². The normalized spacial score (nSPS) is 14.0. The molecule has 1 N–H and O–H groups in total. The average molecular weight is 461 g/mol. The molecule has 0 saturated carbocycles. The van der Waals surface area contributed by atoms with E-state index in [1.807, 2.05) is 0 Å². The Labute approximate surface area is 180 Å². The fourth-order valence-corrected chi connectivity index (χ4v) is 3.76. The first kappa shape index (κ1) is 20.8. The third-order valence-corrected chi connectivity index (χ3v) is 5.68. The van der Waals surface area contributed by atoms with E-state index in [2.05, 4.69) is 0 Å². The number of phenols is 1. The summed E-state index contributed by atoms with van der Waals surface area (Å²) in [5.74, 6) is -1.39. The highest BCUT2D eigenvalue weighted by atomic mass is 35.5. The second-order valence-corrected chi connectivity index (χ2v) is 7.39. The van der Waals surface area contributed by atoms with Crippen LogP contribution in [0.2, 0.25) is 10.2 Å². The van der Waals surface area contributed by atoms with E-state index >= 15 is 0 Å². The number of ether oxygens (including phenoxy) is 1. The standard InChI is InChI=1S/C19H13Cl4NO4/c1-2-28-19(27)13-8-12(21)18(23)24(13)16-10(7-11(20)15(16)22)17(26)9-5-3-4-6-14(9)25/h3-6,8,25H,2,7H2,1H3. The summed E-state index contributed by atoms with van der Waals surface area (Å²) in [7, 11) is 0. The number of allylic oxidation sites excluding steroid dienone is 4. The van der Waals surface area contributed by atoms with Crippen LogP contribution in [0.1, 0.15) is 34.2 Å². The van der Waals surface area contributed by atoms with E-state index in [1.54, 1.807) is 19.1 Å². The molecule has 0 atom stereocenters. The first-order valence-corrected chi connectivity index (χ1v) is 9.63. The number of aromatic nitrogens is 1. The van der Waals surface area contributed by atoms with Crippen LogP contribution < -0.4 is 0 Å². The van der Waals surface area contributed by atoms with E-state index < -0.39 is 11.8 Å². The smallest absolute Gasteiger partial charge is 0.355 e. The molecule has 0 bridgehead atoms. The SMILES string of the molecule is CCOC(=O)c1cc(Cl)c(Cl)n1C1=C(C(=O)c2ccccc2O)CC(Cl)=C1Cl. The number of Topliss-reactive ketones (excluding diaryl/α,β-unsaturated/α-hetero) is 1. The van der Waals surface area contributed by atoms with E-state index in [4.69, 9.17) is 51.1 Å². The third-order valence-electron chi connectivity index (χ3n) is 4.09. The lowest BCUT2D eigenvalue weighted by Gasteiger charge is -2.14. The molecular weight excluding hydrogens is 448 g/mol. The molecule has 146 valence electrons. The lowest BCUT2D eigenvalue weighted by molar-refractivity contribution is 0.0517. The van der Waals surface area contributed by atoms with Crippen LogP contribution in [-0.2, 0) is 4.74 Å². The summed E-state index contributed by atoms with van der Waals surface area (Å²) in [6.07, 6.45) is 0.0112. The predicted octanol–water partition coefficient (Wildman–Crippen LogP) is 5.86. The Hall–Kier alpha value is -1.92. The number of ketones is 1. The number of hydrogen-bond acceptors (Lipinski definition) is 4. The predicted molar refractivity (Wildman–Crippen MR) is 109 cm³/mol. The molecule has 0 fully saturated rings. The summed E-state index contributed by atoms with van der Waals surface area (Å²) in [6, 6.07) is 7.40. The van der Waals surface area contributed by atoms with Crippen LogP contribution in [0, 0.1) is 0 Å². The number of benzene rings is 1. The molecule has 2 aromatic rings. The van der Waals surface area contributed by atoms with Crippen molar-refractivity contribution in [2.45, 2.75) is 13.3 Å². The van der Waals surface area contributed by atoms with Crippen LogP contribution in [0.3, 0.4) is 0 Å². The van der Waals surface area contributed by atoms with Crippen molar-refractivity contribution in [3.05, 3.63) is 67.4 Å². The lowest BCUT2D eigenvalue weighted by atomic mass is 10.0. The fourth-order valence-electron chi connectivity index (χ4n) is 2.86. The minimum Gasteiger partial charge on any atom is -0.507 e. The second kappa shape index (κ2) is 8.21. The van der Waals surface area contributed by atoms with Crippen molar-refractivity contribution in [2.75, 3.05) is 6.61 Å². The van der Waals surface area contributed by atoms with Crippen molar-refractivity contribution in [1.82, 2.24) is 4.57 Å². The number of hydrogen-bond donors (Lipinski definition) is 1. The summed E-state index contributed by atoms with van der Waals surface area (Å²) in [4.78, 5) is 25.5. The van der Waals surface area contributed by atoms with Crippen molar-refractivity contribution in [2.24, 2.45) is 0 Å². The molecule has 1 aliphatic carbocycles. The van der Waals surface area contributed by atoms with Gasteiger partial charge in [-0.1, -0.05) is 58.5 Å². The molecule has 1 aromatic carbocycles. The average Bonchev–Trinajstić information content (AvgIpc) is 3.11. The van der Waals surface area contributed by atoms with Crippen LogP contribution in [0.15, 0.2) is 46.0 Å². The molecule has 0 unspecified atom stereocenters. The number of carbonyl (C=O) groups is 2. The topological polar surface area (TPSA) is 68.5 Å². The molecular formula is C19H13Cl4NO4. The van der Waals surface area contributed by atoms with Crippen LogP contribution in [-0.4, -0.2) is 28.0 Å². The third kappa shape index (κ3) is 3.55. The van der Waals surface area contributed by atoms with Crippen molar-refractivity contribution >= 4 is 63.9 Å². The summed E-state index contributed by atoms with van der Waals surface area (Å²) in [5, 5.41) is 10.4. The van der Waals surface area contributed by atoms with E-state index in [1.165, 1.54) is 22.8 Å². The molecule has 0 radical (unpaired) electrons. The van der Waals surface area contributed by atoms with Gasteiger partial charge in [0.25, 0.3) is 0 Å². The molecule has 0 aliphatic heterocycles. The highest BCUT2D eigenvalue weighted by molar-refractivity contribution is 6.47. The number of rotatable bonds is 5. The number of phenolic OH excluding ortho intramolecular Hbond substituents is 1. The maximum atomic E-state index is 13.1. The van der Waals surface area contributed by atoms with E-state index in [-0.39, 0.29) is 61.5 Å². The molecule has 1 heterocycles. The zero-order valence-corrected chi connectivity index (χ0v) is 17.5. The Kier molecular flexibility index (Phi) is 6.10. The molecule has 9 heteroatoms. The molecule has 28 heavy (non-hydrogen) atoms. The van der Waals surface area contributed by atoms with E-state index in [9.17, 15) is 14.7 Å². The molecule has 3 rings (SSSR count). The van der Waals surface area contributed by atoms with Gasteiger partial charge in [-0.3, -0.25) is 9.36 Å². The van der Waals surface area contributed by atoms with Gasteiger partial charge in [0.1, 0.15) is 16.6 Å². The van der Waals surface area contributed by atoms with Crippen LogP contribution in [0.5, 0.6) is 5.75 Å². The monoisotopic (exact) mass is 459 g/mol. The Balaban J connectivity index is 2.25. The largest absolute Gasteiger partial charge is 0.507 e. The van der Waals surface area contributed by atoms with Gasteiger partial charge in [-0.05, 0) is 25.1 Å². The van der Waals surface area contributed by atoms with Crippen LogP contribution in [0.25, 0.3) is 5.70 Å². The minimum atomic E-state index is -0.689. The Morgan fingerprint density at radius 2 is 1.86 bits per heavy atom. The van der Waals surface area contributed by atoms with Crippen molar-refractivity contribution in [3.8, 4) is 5.75 Å². The number of aromatic hydroxyl groups is 1. The number of nitrogens with zero attached hydrogens (tertiary/aromatic N) is 1. The first-order chi connectivity index (χ1) is 13.3. The lowest BCUT2D eigenvalue weighted by Crippen LogP contribution is -2.14. The summed E-state index contributed by atoms with van der Waals surface area (Å²) in [6.45, 7) is 1.78. The van der Waals surface area contributed by atoms with Crippen molar-refractivity contribution in [1.29, 1.82) is 0 Å². The molecule has 1 aliphatic rings. The van der Waals surface area contributed by atoms with Gasteiger partial charge in [0.05, 0.1) is 27.9 Å². The van der Waals surface area contributed by atoms with E-state index in [0.717, 1.165) is 0 Å². The van der Waals surface area contributed by atoms with Gasteiger partial charge in [-0.2, -0.15) is 0 Å². The number of esters is 1. The molecule has 0 spiro atoms. The minimum absolute atomic E-state index is 0.000972. The number of halogens is 4. The van der Waals surface area contributed by atoms with Gasteiger partial charge >= 0.3 is 5.97 Å². The summed E-state index contributed by atoms with van der Waals surface area (Å²) in [5.41, 5.74) is 0.355. The fraction of sp³-hybridized carbons (Fsp3) is 0.158. The van der Waals surface area contributed by atoms with E-state index in [0.29, 0.717) is 0 Å². The molecule has 0 saturated heterocycles. The first-order valence-electron chi connectivity index (χ1n) is 8.12. The van der Waals surface area contributed by atoms with Gasteiger partial charge in [0, 0.05) is 17.0 Å². The van der Waals surface area contributed by atoms with Crippen molar-refractivity contribution < 1.29 is 19.4 Å². The quantitative estimate of drug-likeness (QED) is 0.447. The van der Waals surface area contributed by atoms with Crippen LogP contribution >= 0.6 is 46.4 Å². The summed E-state index contributed by atoms with van der Waals surface area (Å²) >= 11 is 25.0. The Bertz CT molecular complexity index is 1050. The van der Waals surface area contributed by atoms with Gasteiger partial charge in [0.15, 0.2) is 5.78 Å². The maximum Gasteiger partial charge on any atom is 0.355 e. The van der Waals surface area contributed by atoms with Gasteiger partial charge in [-0.25, -0.2) is 4.79 Å². The zero-order valence-electron chi connectivity index (χ0n) is 14.4. The maximum absolute atomic E-state index is 13.1. The molecule has 1 aromatic heterocycles. The highest BCUT2D eigenvalue weighted by Gasteiger charge is 2.33. The summed E-state index contributed by atoms with van der Waals surface area (Å²) < 4.78 is 6.28. The Morgan fingerprint density at radius 1 is 1.18 bits per heavy atom. The van der Waals surface area contributed by atoms with Crippen LogP contribution in [0.4, 0.5) is 0 Å². The second-order valence-electron chi connectivity index (χ2n) is 5.79. The molecule has 0 amide bonds. The van der Waals surface area contributed by atoms with Crippen molar-refractivity contribution in [3.63, 3.8) is 0 Å². The zero-order chi connectivity index (χ0) is 20.6. The number of para-hydroxylation sites is 1.